The van der Waals surface area contributed by atoms with Crippen LogP contribution in [0, 0.1) is 0 Å². The molecular weight excluding hydrogens is 332 g/mol. The number of likely N-dealkylation sites (N-methyl/N-ethyl adjacent to an activating group) is 1. The SMILES string of the molecule is COc1ccc(Br)c(C(=O)NCCN(C)C2CCCC2)c1. The normalized spacial score (nSPS) is 15.4. The summed E-state index contributed by atoms with van der Waals surface area (Å²) in [6.45, 7) is 1.55. The number of hydrogen-bond donors (Lipinski definition) is 1. The van der Waals surface area contributed by atoms with Gasteiger partial charge < -0.3 is 15.0 Å². The summed E-state index contributed by atoms with van der Waals surface area (Å²) in [7, 11) is 3.74. The zero-order valence-corrected chi connectivity index (χ0v) is 14.3. The van der Waals surface area contributed by atoms with Crippen molar-refractivity contribution in [3.05, 3.63) is 28.2 Å². The molecule has 0 bridgehead atoms. The lowest BCUT2D eigenvalue weighted by molar-refractivity contribution is 0.0946. The standard InChI is InChI=1S/C16H23BrN2O2/c1-19(12-5-3-4-6-12)10-9-18-16(20)14-11-13(21-2)7-8-15(14)17/h7-8,11-12H,3-6,9-10H2,1-2H3,(H,18,20). The third-order valence-electron chi connectivity index (χ3n) is 4.12. The fourth-order valence-corrected chi connectivity index (χ4v) is 3.20. The van der Waals surface area contributed by atoms with Crippen LogP contribution < -0.4 is 10.1 Å². The number of carbonyl (C=O) groups excluding carboxylic acids is 1. The van der Waals surface area contributed by atoms with Gasteiger partial charge in [-0.25, -0.2) is 0 Å². The van der Waals surface area contributed by atoms with Crippen molar-refractivity contribution in [1.29, 1.82) is 0 Å². The van der Waals surface area contributed by atoms with Crippen LogP contribution in [0.2, 0.25) is 0 Å². The highest BCUT2D eigenvalue weighted by Crippen LogP contribution is 2.23. The van der Waals surface area contributed by atoms with Gasteiger partial charge in [-0.15, -0.1) is 0 Å². The van der Waals surface area contributed by atoms with Crippen LogP contribution in [0.5, 0.6) is 5.75 Å². The highest BCUT2D eigenvalue weighted by molar-refractivity contribution is 9.10. The van der Waals surface area contributed by atoms with Crippen LogP contribution in [0.15, 0.2) is 22.7 Å². The molecule has 0 radical (unpaired) electrons. The van der Waals surface area contributed by atoms with Crippen molar-refractivity contribution < 1.29 is 9.53 Å². The molecule has 0 spiro atoms. The molecule has 1 N–H and O–H groups in total. The van der Waals surface area contributed by atoms with Crippen LogP contribution in [0.25, 0.3) is 0 Å². The van der Waals surface area contributed by atoms with E-state index in [1.165, 1.54) is 25.7 Å². The molecule has 1 amide bonds. The van der Waals surface area contributed by atoms with Gasteiger partial charge in [-0.3, -0.25) is 4.79 Å². The second-order valence-corrected chi connectivity index (χ2v) is 6.37. The first-order valence-electron chi connectivity index (χ1n) is 7.44. The summed E-state index contributed by atoms with van der Waals surface area (Å²) in [5, 5.41) is 2.98. The van der Waals surface area contributed by atoms with Crippen molar-refractivity contribution in [2.75, 3.05) is 27.2 Å². The second kappa shape index (κ2) is 7.80. The summed E-state index contributed by atoms with van der Waals surface area (Å²) < 4.78 is 5.94. The Hall–Kier alpha value is -1.07. The van der Waals surface area contributed by atoms with E-state index in [-0.39, 0.29) is 5.91 Å². The lowest BCUT2D eigenvalue weighted by Gasteiger charge is -2.23. The zero-order chi connectivity index (χ0) is 15.2. The summed E-state index contributed by atoms with van der Waals surface area (Å²) >= 11 is 3.41. The van der Waals surface area contributed by atoms with Crippen LogP contribution >= 0.6 is 15.9 Å². The van der Waals surface area contributed by atoms with Gasteiger partial charge in [0.1, 0.15) is 5.75 Å². The number of hydrogen-bond acceptors (Lipinski definition) is 3. The van der Waals surface area contributed by atoms with E-state index in [2.05, 4.69) is 33.2 Å². The molecule has 1 fully saturated rings. The molecule has 116 valence electrons. The number of ether oxygens (including phenoxy) is 1. The molecule has 1 aliphatic carbocycles. The number of methoxy groups -OCH3 is 1. The highest BCUT2D eigenvalue weighted by Gasteiger charge is 2.19. The zero-order valence-electron chi connectivity index (χ0n) is 12.7. The molecule has 5 heteroatoms. The largest absolute Gasteiger partial charge is 0.497 e. The molecule has 1 aliphatic rings. The monoisotopic (exact) mass is 354 g/mol. The van der Waals surface area contributed by atoms with Crippen molar-refractivity contribution in [3.8, 4) is 5.75 Å². The first kappa shape index (κ1) is 16.3. The van der Waals surface area contributed by atoms with Gasteiger partial charge in [-0.2, -0.15) is 0 Å². The Kier molecular flexibility index (Phi) is 6.06. The van der Waals surface area contributed by atoms with E-state index in [0.29, 0.717) is 23.9 Å². The molecule has 1 saturated carbocycles. The summed E-state index contributed by atoms with van der Waals surface area (Å²) in [4.78, 5) is 14.6. The van der Waals surface area contributed by atoms with E-state index in [1.54, 1.807) is 13.2 Å². The Morgan fingerprint density at radius 2 is 2.14 bits per heavy atom. The summed E-state index contributed by atoms with van der Waals surface area (Å²) in [5.41, 5.74) is 0.609. The lowest BCUT2D eigenvalue weighted by atomic mass is 10.2. The number of amides is 1. The van der Waals surface area contributed by atoms with Gasteiger partial charge in [-0.1, -0.05) is 12.8 Å². The van der Waals surface area contributed by atoms with Crippen molar-refractivity contribution in [2.45, 2.75) is 31.7 Å². The molecule has 0 atom stereocenters. The van der Waals surface area contributed by atoms with Crippen molar-refractivity contribution in [3.63, 3.8) is 0 Å². The van der Waals surface area contributed by atoms with Crippen LogP contribution in [0.1, 0.15) is 36.0 Å². The fourth-order valence-electron chi connectivity index (χ4n) is 2.77. The molecule has 1 aromatic carbocycles. The minimum atomic E-state index is -0.0689. The summed E-state index contributed by atoms with van der Waals surface area (Å²) in [6, 6.07) is 6.10. The van der Waals surface area contributed by atoms with Gasteiger partial charge >= 0.3 is 0 Å². The van der Waals surface area contributed by atoms with Crippen LogP contribution in [-0.2, 0) is 0 Å². The summed E-state index contributed by atoms with van der Waals surface area (Å²) in [5.74, 6) is 0.618. The quantitative estimate of drug-likeness (QED) is 0.853. The van der Waals surface area contributed by atoms with E-state index in [4.69, 9.17) is 4.74 Å². The maximum absolute atomic E-state index is 12.2. The highest BCUT2D eigenvalue weighted by atomic mass is 79.9. The van der Waals surface area contributed by atoms with Gasteiger partial charge in [0.25, 0.3) is 5.91 Å². The third-order valence-corrected chi connectivity index (χ3v) is 4.81. The molecule has 0 saturated heterocycles. The van der Waals surface area contributed by atoms with E-state index < -0.39 is 0 Å². The van der Waals surface area contributed by atoms with Gasteiger partial charge in [-0.05, 0) is 54.0 Å². The molecule has 0 aromatic heterocycles. The second-order valence-electron chi connectivity index (χ2n) is 5.52. The predicted molar refractivity (Wildman–Crippen MR) is 87.9 cm³/mol. The van der Waals surface area contributed by atoms with Crippen LogP contribution in [0.4, 0.5) is 0 Å². The Bertz CT molecular complexity index is 487. The first-order chi connectivity index (χ1) is 10.1. The Balaban J connectivity index is 1.84. The number of carbonyl (C=O) groups is 1. The van der Waals surface area contributed by atoms with Crippen molar-refractivity contribution >= 4 is 21.8 Å². The maximum Gasteiger partial charge on any atom is 0.252 e. The van der Waals surface area contributed by atoms with Crippen LogP contribution in [0.3, 0.4) is 0 Å². The fraction of sp³-hybridized carbons (Fsp3) is 0.562. The van der Waals surface area contributed by atoms with Crippen molar-refractivity contribution in [2.24, 2.45) is 0 Å². The average molecular weight is 355 g/mol. The van der Waals surface area contributed by atoms with Crippen LogP contribution in [-0.4, -0.2) is 44.1 Å². The lowest BCUT2D eigenvalue weighted by Crippen LogP contribution is -2.37. The molecular formula is C16H23BrN2O2. The number of rotatable bonds is 6. The minimum Gasteiger partial charge on any atom is -0.497 e. The molecule has 1 aromatic rings. The Morgan fingerprint density at radius 3 is 2.81 bits per heavy atom. The molecule has 0 unspecified atom stereocenters. The Morgan fingerprint density at radius 1 is 1.43 bits per heavy atom. The van der Waals surface area contributed by atoms with Gasteiger partial charge in [0.2, 0.25) is 0 Å². The molecule has 21 heavy (non-hydrogen) atoms. The Labute approximate surface area is 135 Å². The number of benzene rings is 1. The van der Waals surface area contributed by atoms with Gasteiger partial charge in [0.15, 0.2) is 0 Å². The topological polar surface area (TPSA) is 41.6 Å². The van der Waals surface area contributed by atoms with Gasteiger partial charge in [0.05, 0.1) is 12.7 Å². The number of nitrogens with zero attached hydrogens (tertiary/aromatic N) is 1. The average Bonchev–Trinajstić information content (AvgIpc) is 3.01. The number of halogens is 1. The van der Waals surface area contributed by atoms with E-state index in [0.717, 1.165) is 11.0 Å². The summed E-state index contributed by atoms with van der Waals surface area (Å²) in [6.07, 6.45) is 5.23. The molecule has 0 heterocycles. The molecule has 2 rings (SSSR count). The predicted octanol–water partition coefficient (Wildman–Crippen LogP) is 3.06. The van der Waals surface area contributed by atoms with E-state index in [9.17, 15) is 4.79 Å². The third kappa shape index (κ3) is 4.45. The van der Waals surface area contributed by atoms with Gasteiger partial charge in [0, 0.05) is 23.6 Å². The minimum absolute atomic E-state index is 0.0689. The van der Waals surface area contributed by atoms with E-state index in [1.807, 2.05) is 12.1 Å². The smallest absolute Gasteiger partial charge is 0.252 e. The molecule has 0 aliphatic heterocycles. The van der Waals surface area contributed by atoms with E-state index >= 15 is 0 Å². The number of nitrogens with one attached hydrogen (secondary N) is 1. The first-order valence-corrected chi connectivity index (χ1v) is 8.23. The maximum atomic E-state index is 12.2. The van der Waals surface area contributed by atoms with Crippen molar-refractivity contribution in [1.82, 2.24) is 10.2 Å². The molecule has 4 nitrogen and oxygen atoms in total.